The minimum atomic E-state index is 0.940. The van der Waals surface area contributed by atoms with Crippen LogP contribution in [0.3, 0.4) is 0 Å². The Labute approximate surface area is 103 Å². The Bertz CT molecular complexity index is 412. The largest absolute Gasteiger partial charge is 0.302 e. The molecule has 2 nitrogen and oxygen atoms in total. The molecule has 0 saturated carbocycles. The summed E-state index contributed by atoms with van der Waals surface area (Å²) in [6.45, 7) is 4.27. The second-order valence-electron chi connectivity index (χ2n) is 4.27. The Morgan fingerprint density at radius 3 is 2.94 bits per heavy atom. The van der Waals surface area contributed by atoms with Gasteiger partial charge in [-0.15, -0.1) is 12.6 Å². The van der Waals surface area contributed by atoms with Gasteiger partial charge in [0, 0.05) is 18.0 Å². The first-order chi connectivity index (χ1) is 7.70. The molecule has 16 heavy (non-hydrogen) atoms. The summed E-state index contributed by atoms with van der Waals surface area (Å²) >= 11 is 4.41. The summed E-state index contributed by atoms with van der Waals surface area (Å²) in [4.78, 5) is 8.00. The number of aryl methyl sites for hydroxylation is 1. The molecular formula is C13H18N2S. The summed E-state index contributed by atoms with van der Waals surface area (Å²) in [6, 6.07) is 4.13. The molecule has 0 bridgehead atoms. The average Bonchev–Trinajstić information content (AvgIpc) is 2.29. The standard InChI is InChI=1S/C13H18N2S/c1-3-11-13(16)7-6-12(14-11)10-5-4-8-15(2)9-10/h5-7,16H,3-4,8-9H2,1-2H3. The quantitative estimate of drug-likeness (QED) is 0.792. The van der Waals surface area contributed by atoms with Crippen molar-refractivity contribution in [3.05, 3.63) is 29.6 Å². The van der Waals surface area contributed by atoms with Gasteiger partial charge in [-0.2, -0.15) is 0 Å². The van der Waals surface area contributed by atoms with Crippen molar-refractivity contribution in [3.8, 4) is 0 Å². The van der Waals surface area contributed by atoms with E-state index in [1.165, 1.54) is 5.57 Å². The van der Waals surface area contributed by atoms with Crippen LogP contribution in [0.15, 0.2) is 23.1 Å². The van der Waals surface area contributed by atoms with Crippen LogP contribution in [0.2, 0.25) is 0 Å². The van der Waals surface area contributed by atoms with Crippen LogP contribution < -0.4 is 0 Å². The predicted octanol–water partition coefficient (Wildman–Crippen LogP) is 2.65. The van der Waals surface area contributed by atoms with Crippen LogP contribution >= 0.6 is 12.6 Å². The molecule has 0 aliphatic carbocycles. The van der Waals surface area contributed by atoms with Crippen molar-refractivity contribution in [1.29, 1.82) is 0 Å². The van der Waals surface area contributed by atoms with Gasteiger partial charge < -0.3 is 4.90 Å². The first kappa shape index (κ1) is 11.7. The molecule has 0 atom stereocenters. The SMILES string of the molecule is CCc1nc(C2=CCCN(C)C2)ccc1S. The lowest BCUT2D eigenvalue weighted by Crippen LogP contribution is -2.25. The Kier molecular flexibility index (Phi) is 3.66. The maximum atomic E-state index is 4.68. The van der Waals surface area contributed by atoms with E-state index in [4.69, 9.17) is 0 Å². The molecule has 0 unspecified atom stereocenters. The van der Waals surface area contributed by atoms with Crippen LogP contribution in [0.25, 0.3) is 5.57 Å². The highest BCUT2D eigenvalue weighted by Crippen LogP contribution is 2.21. The molecule has 2 heterocycles. The van der Waals surface area contributed by atoms with Crippen LogP contribution in [0.4, 0.5) is 0 Å². The van der Waals surface area contributed by atoms with Crippen LogP contribution in [0, 0.1) is 0 Å². The molecular weight excluding hydrogens is 216 g/mol. The zero-order chi connectivity index (χ0) is 11.5. The molecule has 0 fully saturated rings. The van der Waals surface area contributed by atoms with Gasteiger partial charge in [-0.3, -0.25) is 4.98 Å². The predicted molar refractivity (Wildman–Crippen MR) is 71.0 cm³/mol. The number of nitrogens with zero attached hydrogens (tertiary/aromatic N) is 2. The third-order valence-corrected chi connectivity index (χ3v) is 3.36. The van der Waals surface area contributed by atoms with E-state index >= 15 is 0 Å². The fourth-order valence-corrected chi connectivity index (χ4v) is 2.29. The first-order valence-electron chi connectivity index (χ1n) is 5.77. The maximum Gasteiger partial charge on any atom is 0.0675 e. The smallest absolute Gasteiger partial charge is 0.0675 e. The number of hydrogen-bond donors (Lipinski definition) is 1. The number of likely N-dealkylation sites (N-methyl/N-ethyl adjacent to an activating group) is 1. The van der Waals surface area contributed by atoms with Crippen molar-refractivity contribution in [2.75, 3.05) is 20.1 Å². The Balaban J connectivity index is 2.30. The molecule has 3 heteroatoms. The van der Waals surface area contributed by atoms with Crippen molar-refractivity contribution in [2.45, 2.75) is 24.7 Å². The molecule has 0 saturated heterocycles. The summed E-state index contributed by atoms with van der Waals surface area (Å²) < 4.78 is 0. The van der Waals surface area contributed by atoms with Gasteiger partial charge in [0.1, 0.15) is 0 Å². The fourth-order valence-electron chi connectivity index (χ4n) is 2.01. The number of pyridine rings is 1. The summed E-state index contributed by atoms with van der Waals surface area (Å²) in [5, 5.41) is 0. The minimum Gasteiger partial charge on any atom is -0.302 e. The van der Waals surface area contributed by atoms with Crippen LogP contribution in [-0.2, 0) is 6.42 Å². The Hall–Kier alpha value is -0.800. The summed E-state index contributed by atoms with van der Waals surface area (Å²) in [5.74, 6) is 0. The van der Waals surface area contributed by atoms with Gasteiger partial charge in [0.25, 0.3) is 0 Å². The highest BCUT2D eigenvalue weighted by atomic mass is 32.1. The molecule has 0 N–H and O–H groups in total. The van der Waals surface area contributed by atoms with Crippen LogP contribution in [0.5, 0.6) is 0 Å². The summed E-state index contributed by atoms with van der Waals surface area (Å²) in [7, 11) is 2.15. The van der Waals surface area contributed by atoms with Gasteiger partial charge in [-0.25, -0.2) is 0 Å². The van der Waals surface area contributed by atoms with Crippen molar-refractivity contribution in [3.63, 3.8) is 0 Å². The van der Waals surface area contributed by atoms with E-state index in [1.807, 2.05) is 0 Å². The zero-order valence-electron chi connectivity index (χ0n) is 9.90. The lowest BCUT2D eigenvalue weighted by Gasteiger charge is -2.22. The molecule has 0 spiro atoms. The normalized spacial score (nSPS) is 17.3. The fraction of sp³-hybridized carbons (Fsp3) is 0.462. The van der Waals surface area contributed by atoms with Gasteiger partial charge in [0.2, 0.25) is 0 Å². The molecule has 2 rings (SSSR count). The third kappa shape index (κ3) is 2.47. The van der Waals surface area contributed by atoms with Crippen LogP contribution in [-0.4, -0.2) is 30.0 Å². The van der Waals surface area contributed by atoms with E-state index in [9.17, 15) is 0 Å². The molecule has 1 aromatic rings. The van der Waals surface area contributed by atoms with Crippen LogP contribution in [0.1, 0.15) is 24.7 Å². The highest BCUT2D eigenvalue weighted by Gasteiger charge is 2.12. The van der Waals surface area contributed by atoms with E-state index < -0.39 is 0 Å². The molecule has 0 amide bonds. The monoisotopic (exact) mass is 234 g/mol. The van der Waals surface area contributed by atoms with E-state index in [2.05, 4.69) is 54.7 Å². The summed E-state index contributed by atoms with van der Waals surface area (Å²) in [6.07, 6.45) is 4.37. The zero-order valence-corrected chi connectivity index (χ0v) is 10.8. The van der Waals surface area contributed by atoms with Gasteiger partial charge >= 0.3 is 0 Å². The molecule has 1 aliphatic rings. The summed E-state index contributed by atoms with van der Waals surface area (Å²) in [5.41, 5.74) is 3.55. The molecule has 0 radical (unpaired) electrons. The second kappa shape index (κ2) is 5.02. The second-order valence-corrected chi connectivity index (χ2v) is 4.75. The van der Waals surface area contributed by atoms with E-state index in [0.29, 0.717) is 0 Å². The maximum absolute atomic E-state index is 4.68. The third-order valence-electron chi connectivity index (χ3n) is 2.96. The van der Waals surface area contributed by atoms with E-state index in [-0.39, 0.29) is 0 Å². The van der Waals surface area contributed by atoms with Gasteiger partial charge in [-0.1, -0.05) is 13.0 Å². The van der Waals surface area contributed by atoms with Gasteiger partial charge in [0.05, 0.1) is 11.4 Å². The lowest BCUT2D eigenvalue weighted by molar-refractivity contribution is 0.372. The molecule has 1 aliphatic heterocycles. The topological polar surface area (TPSA) is 16.1 Å². The average molecular weight is 234 g/mol. The van der Waals surface area contributed by atoms with Gasteiger partial charge in [0.15, 0.2) is 0 Å². The first-order valence-corrected chi connectivity index (χ1v) is 6.22. The number of thiol groups is 1. The molecule has 86 valence electrons. The Morgan fingerprint density at radius 1 is 1.44 bits per heavy atom. The Morgan fingerprint density at radius 2 is 2.25 bits per heavy atom. The highest BCUT2D eigenvalue weighted by molar-refractivity contribution is 7.80. The molecule has 1 aromatic heterocycles. The minimum absolute atomic E-state index is 0.940. The van der Waals surface area contributed by atoms with Crippen molar-refractivity contribution >= 4 is 18.2 Å². The number of aromatic nitrogens is 1. The number of hydrogen-bond acceptors (Lipinski definition) is 3. The van der Waals surface area contributed by atoms with Crippen molar-refractivity contribution in [1.82, 2.24) is 9.88 Å². The van der Waals surface area contributed by atoms with E-state index in [0.717, 1.165) is 42.2 Å². The lowest BCUT2D eigenvalue weighted by atomic mass is 10.1. The van der Waals surface area contributed by atoms with Gasteiger partial charge in [-0.05, 0) is 37.6 Å². The molecule has 0 aromatic carbocycles. The van der Waals surface area contributed by atoms with Crippen molar-refractivity contribution < 1.29 is 0 Å². The van der Waals surface area contributed by atoms with Crippen molar-refractivity contribution in [2.24, 2.45) is 0 Å². The number of rotatable bonds is 2. The van der Waals surface area contributed by atoms with E-state index in [1.54, 1.807) is 0 Å².